The van der Waals surface area contributed by atoms with Gasteiger partial charge in [0.05, 0.1) is 11.9 Å². The number of fused-ring (bicyclic) bond motifs is 2. The fraction of sp³-hybridized carbons (Fsp3) is 0.304. The summed E-state index contributed by atoms with van der Waals surface area (Å²) in [4.78, 5) is 26.6. The molecule has 2 aromatic rings. The number of halogens is 1. The zero-order valence-electron chi connectivity index (χ0n) is 17.1. The number of rotatable bonds is 3. The Kier molecular flexibility index (Phi) is 8.15. The second kappa shape index (κ2) is 10.8. The van der Waals surface area contributed by atoms with E-state index < -0.39 is 11.9 Å². The molecule has 2 aliphatic heterocycles. The zero-order valence-corrected chi connectivity index (χ0v) is 18.7. The monoisotopic (exact) mass is 458 g/mol. The Morgan fingerprint density at radius 1 is 1.00 bits per heavy atom. The molecule has 1 atom stereocenters. The van der Waals surface area contributed by atoms with Crippen LogP contribution in [0.3, 0.4) is 0 Å². The highest BCUT2D eigenvalue weighted by Gasteiger charge is 2.29. The number of carboxylic acid groups (broad SMARTS) is 2. The van der Waals surface area contributed by atoms with Crippen molar-refractivity contribution >= 4 is 35.3 Å². The third-order valence-electron chi connectivity index (χ3n) is 5.27. The second-order valence-corrected chi connectivity index (χ2v) is 8.94. The van der Waals surface area contributed by atoms with Crippen LogP contribution in [0.5, 0.6) is 0 Å². The van der Waals surface area contributed by atoms with Crippen LogP contribution in [0, 0.1) is 0 Å². The number of nitrogens with zero attached hydrogens (tertiary/aromatic N) is 2. The van der Waals surface area contributed by atoms with E-state index in [9.17, 15) is 19.8 Å². The van der Waals surface area contributed by atoms with Crippen molar-refractivity contribution in [3.8, 4) is 0 Å². The number of carbonyl (C=O) groups is 2. The van der Waals surface area contributed by atoms with E-state index in [1.807, 2.05) is 17.8 Å². The first-order chi connectivity index (χ1) is 14.8. The van der Waals surface area contributed by atoms with Crippen molar-refractivity contribution < 1.29 is 19.8 Å². The molecule has 0 bridgehead atoms. The first kappa shape index (κ1) is 23.3. The molecule has 1 fully saturated rings. The molecule has 4 rings (SSSR count). The number of carbonyl (C=O) groups excluding carboxylic acids is 2. The smallest absolute Gasteiger partial charge is 0.0643 e. The summed E-state index contributed by atoms with van der Waals surface area (Å²) in [6.07, 6.45) is 1.84. The van der Waals surface area contributed by atoms with Crippen LogP contribution in [0.15, 0.2) is 64.4 Å². The van der Waals surface area contributed by atoms with Crippen molar-refractivity contribution in [1.82, 2.24) is 9.80 Å². The Labute approximate surface area is 191 Å². The van der Waals surface area contributed by atoms with Gasteiger partial charge in [-0.1, -0.05) is 41.6 Å². The van der Waals surface area contributed by atoms with Crippen molar-refractivity contribution in [2.45, 2.75) is 22.3 Å². The van der Waals surface area contributed by atoms with Crippen LogP contribution in [0.2, 0.25) is 5.02 Å². The molecule has 0 saturated carbocycles. The normalized spacial score (nSPS) is 19.0. The van der Waals surface area contributed by atoms with Gasteiger partial charge >= 0.3 is 0 Å². The highest BCUT2D eigenvalue weighted by atomic mass is 35.5. The predicted octanol–water partition coefficient (Wildman–Crippen LogP) is 1.38. The van der Waals surface area contributed by atoms with Crippen LogP contribution >= 0.6 is 23.4 Å². The van der Waals surface area contributed by atoms with E-state index in [4.69, 9.17) is 11.6 Å². The van der Waals surface area contributed by atoms with Crippen LogP contribution in [-0.4, -0.2) is 55.0 Å². The largest absolute Gasteiger partial charge is 0.545 e. The van der Waals surface area contributed by atoms with Gasteiger partial charge in [0.15, 0.2) is 0 Å². The standard InChI is InChI=1S/C19H21ClN2S.C4H4O4/c1-21-8-10-22(11-9-21)17-12-14-4-2-3-5-18(14)23-19-7-6-15(20)13-16(17)19;5-3(6)1-2-4(7)8/h2-7,13,17H,8-12H2,1H3;1-2H,(H,5,6)(H,7,8)/p-2. The molecule has 8 heteroatoms. The van der Waals surface area contributed by atoms with Crippen LogP contribution in [0.25, 0.3) is 0 Å². The van der Waals surface area contributed by atoms with Crippen molar-refractivity contribution in [2.24, 2.45) is 0 Å². The molecular weight excluding hydrogens is 436 g/mol. The zero-order chi connectivity index (χ0) is 22.4. The van der Waals surface area contributed by atoms with E-state index in [1.165, 1.54) is 20.9 Å². The first-order valence-electron chi connectivity index (χ1n) is 9.91. The minimum Gasteiger partial charge on any atom is -0.545 e. The van der Waals surface area contributed by atoms with E-state index in [0.717, 1.165) is 37.6 Å². The number of hydrogen-bond acceptors (Lipinski definition) is 7. The lowest BCUT2D eigenvalue weighted by Crippen LogP contribution is -2.46. The molecule has 164 valence electrons. The first-order valence-corrected chi connectivity index (χ1v) is 11.1. The lowest BCUT2D eigenvalue weighted by Gasteiger charge is -2.38. The molecule has 0 amide bonds. The number of benzene rings is 2. The molecule has 0 aromatic heterocycles. The third kappa shape index (κ3) is 6.58. The summed E-state index contributed by atoms with van der Waals surface area (Å²) in [5.41, 5.74) is 2.84. The fourth-order valence-corrected chi connectivity index (χ4v) is 4.97. The van der Waals surface area contributed by atoms with E-state index in [2.05, 4.69) is 53.2 Å². The topological polar surface area (TPSA) is 86.7 Å². The number of aliphatic carboxylic acids is 2. The van der Waals surface area contributed by atoms with Crippen molar-refractivity contribution in [3.05, 3.63) is 70.8 Å². The Hall–Kier alpha value is -2.32. The number of hydrogen-bond donors (Lipinski definition) is 0. The molecule has 0 radical (unpaired) electrons. The average Bonchev–Trinajstić information content (AvgIpc) is 2.90. The quantitative estimate of drug-likeness (QED) is 0.642. The highest BCUT2D eigenvalue weighted by molar-refractivity contribution is 7.99. The summed E-state index contributed by atoms with van der Waals surface area (Å²) in [6.45, 7) is 4.53. The number of carboxylic acids is 2. The van der Waals surface area contributed by atoms with Gasteiger partial charge in [0.25, 0.3) is 0 Å². The van der Waals surface area contributed by atoms with Gasteiger partial charge in [-0.2, -0.15) is 0 Å². The van der Waals surface area contributed by atoms with Gasteiger partial charge in [-0.25, -0.2) is 0 Å². The molecule has 2 aromatic carbocycles. The highest BCUT2D eigenvalue weighted by Crippen LogP contribution is 2.43. The minimum absolute atomic E-state index is 0.384. The van der Waals surface area contributed by atoms with Crippen LogP contribution < -0.4 is 10.2 Å². The molecule has 0 spiro atoms. The van der Waals surface area contributed by atoms with Gasteiger partial charge in [0.1, 0.15) is 0 Å². The summed E-state index contributed by atoms with van der Waals surface area (Å²) in [7, 11) is 2.21. The number of piperazine rings is 1. The van der Waals surface area contributed by atoms with Crippen molar-refractivity contribution in [2.75, 3.05) is 33.2 Å². The maximum atomic E-state index is 9.41. The van der Waals surface area contributed by atoms with Gasteiger partial charge in [-0.15, -0.1) is 0 Å². The van der Waals surface area contributed by atoms with Gasteiger partial charge in [0.2, 0.25) is 0 Å². The maximum absolute atomic E-state index is 9.41. The average molecular weight is 459 g/mol. The van der Waals surface area contributed by atoms with Gasteiger partial charge in [0, 0.05) is 47.0 Å². The van der Waals surface area contributed by atoms with Gasteiger partial charge < -0.3 is 24.7 Å². The van der Waals surface area contributed by atoms with Crippen LogP contribution in [-0.2, 0) is 16.0 Å². The summed E-state index contributed by atoms with van der Waals surface area (Å²) >= 11 is 8.22. The minimum atomic E-state index is -1.55. The molecule has 6 nitrogen and oxygen atoms in total. The van der Waals surface area contributed by atoms with E-state index in [0.29, 0.717) is 18.2 Å². The maximum Gasteiger partial charge on any atom is 0.0643 e. The van der Waals surface area contributed by atoms with Crippen molar-refractivity contribution in [3.63, 3.8) is 0 Å². The summed E-state index contributed by atoms with van der Waals surface area (Å²) < 4.78 is 0. The Balaban J connectivity index is 0.000000293. The van der Waals surface area contributed by atoms with E-state index in [1.54, 1.807) is 0 Å². The van der Waals surface area contributed by atoms with E-state index in [-0.39, 0.29) is 0 Å². The Morgan fingerprint density at radius 2 is 1.65 bits per heavy atom. The number of likely N-dealkylation sites (N-methyl/N-ethyl adjacent to an activating group) is 1. The molecule has 0 N–H and O–H groups in total. The third-order valence-corrected chi connectivity index (χ3v) is 6.72. The summed E-state index contributed by atoms with van der Waals surface area (Å²) in [5, 5.41) is 19.7. The molecule has 1 unspecified atom stereocenters. The Bertz CT molecular complexity index is 958. The molecule has 31 heavy (non-hydrogen) atoms. The SMILES string of the molecule is CN1CCN(C2Cc3ccccc3Sc3ccc(Cl)cc32)CC1.O=C([O-])C=CC(=O)[O-]. The molecule has 2 aliphatic rings. The van der Waals surface area contributed by atoms with Gasteiger partial charge in [-0.05, 0) is 61.0 Å². The molecule has 2 heterocycles. The summed E-state index contributed by atoms with van der Waals surface area (Å²) in [5.74, 6) is -3.09. The second-order valence-electron chi connectivity index (χ2n) is 7.42. The van der Waals surface area contributed by atoms with Crippen LogP contribution in [0.1, 0.15) is 17.2 Å². The molecule has 1 saturated heterocycles. The van der Waals surface area contributed by atoms with Crippen LogP contribution in [0.4, 0.5) is 0 Å². The van der Waals surface area contributed by atoms with Gasteiger partial charge in [-0.3, -0.25) is 4.90 Å². The predicted molar refractivity (Wildman–Crippen MR) is 117 cm³/mol. The fourth-order valence-electron chi connectivity index (χ4n) is 3.68. The Morgan fingerprint density at radius 3 is 2.29 bits per heavy atom. The van der Waals surface area contributed by atoms with E-state index >= 15 is 0 Å². The molecule has 0 aliphatic carbocycles. The lowest BCUT2D eigenvalue weighted by atomic mass is 9.96. The van der Waals surface area contributed by atoms with Crippen molar-refractivity contribution in [1.29, 1.82) is 0 Å². The molecular formula is C23H23ClN2O4S-2. The summed E-state index contributed by atoms with van der Waals surface area (Å²) in [6, 6.07) is 15.6. The lowest BCUT2D eigenvalue weighted by molar-refractivity contribution is -0.301.